The predicted molar refractivity (Wildman–Crippen MR) is 132 cm³/mol. The summed E-state index contributed by atoms with van der Waals surface area (Å²) < 4.78 is 21.4. The van der Waals surface area contributed by atoms with Crippen LogP contribution in [-0.2, 0) is 47.2 Å². The molecule has 3 atom stereocenters. The van der Waals surface area contributed by atoms with Crippen molar-refractivity contribution in [3.05, 3.63) is 125 Å². The average molecular weight is 471 g/mol. The Balaban J connectivity index is 1.43. The molecule has 0 fully saturated rings. The number of hydrogen-bond donors (Lipinski definition) is 1. The van der Waals surface area contributed by atoms with Gasteiger partial charge in [-0.15, -0.1) is 0 Å². The molecular formula is C29H30N2O4. The monoisotopic (exact) mass is 470 g/mol. The summed E-state index contributed by atoms with van der Waals surface area (Å²) in [7, 11) is 0. The van der Waals surface area contributed by atoms with Crippen molar-refractivity contribution in [3.63, 3.8) is 0 Å². The van der Waals surface area contributed by atoms with Crippen LogP contribution < -0.4 is 0 Å². The molecule has 2 heterocycles. The molecule has 0 aliphatic carbocycles. The Kier molecular flexibility index (Phi) is 7.66. The van der Waals surface area contributed by atoms with E-state index in [0.717, 1.165) is 28.2 Å². The summed E-state index contributed by atoms with van der Waals surface area (Å²) in [5, 5.41) is 9.92. The highest BCUT2D eigenvalue weighted by molar-refractivity contribution is 5.18. The SMILES string of the molecule is OCc1cnc2n1C[C@H](OCc1ccccc1)[C@H](OCc1ccccc1)[C@H]2OCc1ccccc1. The fourth-order valence-electron chi connectivity index (χ4n) is 4.43. The summed E-state index contributed by atoms with van der Waals surface area (Å²) in [6.45, 7) is 1.75. The molecule has 0 spiro atoms. The molecule has 5 rings (SSSR count). The number of imidazole rings is 1. The van der Waals surface area contributed by atoms with Gasteiger partial charge in [0.2, 0.25) is 0 Å². The van der Waals surface area contributed by atoms with Crippen molar-refractivity contribution in [2.45, 2.75) is 51.3 Å². The van der Waals surface area contributed by atoms with Crippen molar-refractivity contribution in [1.29, 1.82) is 0 Å². The second-order valence-electron chi connectivity index (χ2n) is 8.69. The van der Waals surface area contributed by atoms with Gasteiger partial charge in [0, 0.05) is 0 Å². The van der Waals surface area contributed by atoms with Crippen LogP contribution in [0.5, 0.6) is 0 Å². The Labute approximate surface area is 205 Å². The number of fused-ring (bicyclic) bond motifs is 1. The minimum atomic E-state index is -0.450. The van der Waals surface area contributed by atoms with E-state index >= 15 is 0 Å². The molecular weight excluding hydrogens is 440 g/mol. The molecule has 6 heteroatoms. The van der Waals surface area contributed by atoms with E-state index in [2.05, 4.69) is 4.98 Å². The Bertz CT molecular complexity index is 1180. The Hall–Kier alpha value is -3.29. The first-order valence-corrected chi connectivity index (χ1v) is 11.9. The fraction of sp³-hybridized carbons (Fsp3) is 0.276. The number of ether oxygens (including phenoxy) is 3. The Morgan fingerprint density at radius 3 is 1.77 bits per heavy atom. The molecule has 1 N–H and O–H groups in total. The largest absolute Gasteiger partial charge is 0.390 e. The number of benzene rings is 3. The van der Waals surface area contributed by atoms with Gasteiger partial charge in [0.15, 0.2) is 0 Å². The topological polar surface area (TPSA) is 65.7 Å². The quantitative estimate of drug-likeness (QED) is 0.360. The fourth-order valence-corrected chi connectivity index (χ4v) is 4.43. The third-order valence-corrected chi connectivity index (χ3v) is 6.28. The molecule has 0 amide bonds. The lowest BCUT2D eigenvalue weighted by Gasteiger charge is -2.38. The molecule has 3 aromatic carbocycles. The molecule has 0 unspecified atom stereocenters. The highest BCUT2D eigenvalue weighted by Gasteiger charge is 2.41. The highest BCUT2D eigenvalue weighted by Crippen LogP contribution is 2.34. The summed E-state index contributed by atoms with van der Waals surface area (Å²) in [4.78, 5) is 4.62. The van der Waals surface area contributed by atoms with Crippen LogP contribution in [0.4, 0.5) is 0 Å². The van der Waals surface area contributed by atoms with Crippen LogP contribution in [0.1, 0.15) is 34.3 Å². The Morgan fingerprint density at radius 1 is 0.714 bits per heavy atom. The second kappa shape index (κ2) is 11.4. The maximum Gasteiger partial charge on any atom is 0.144 e. The van der Waals surface area contributed by atoms with Gasteiger partial charge in [-0.3, -0.25) is 0 Å². The third-order valence-electron chi connectivity index (χ3n) is 6.28. The first-order chi connectivity index (χ1) is 17.3. The third kappa shape index (κ3) is 5.69. The van der Waals surface area contributed by atoms with Gasteiger partial charge in [-0.25, -0.2) is 4.98 Å². The lowest BCUT2D eigenvalue weighted by atomic mass is 10.0. The van der Waals surface area contributed by atoms with E-state index in [1.54, 1.807) is 6.20 Å². The van der Waals surface area contributed by atoms with E-state index in [1.807, 2.05) is 95.6 Å². The molecule has 180 valence electrons. The number of nitrogens with zero attached hydrogens (tertiary/aromatic N) is 2. The molecule has 0 saturated carbocycles. The summed E-state index contributed by atoms with van der Waals surface area (Å²) in [5.74, 6) is 0.752. The minimum absolute atomic E-state index is 0.0979. The molecule has 6 nitrogen and oxygen atoms in total. The molecule has 0 bridgehead atoms. The Morgan fingerprint density at radius 2 is 1.23 bits per heavy atom. The molecule has 4 aromatic rings. The number of aliphatic hydroxyl groups excluding tert-OH is 1. The average Bonchev–Trinajstić information content (AvgIpc) is 3.34. The van der Waals surface area contributed by atoms with Gasteiger partial charge >= 0.3 is 0 Å². The molecule has 1 aliphatic rings. The number of aromatic nitrogens is 2. The normalized spacial score (nSPS) is 19.4. The van der Waals surface area contributed by atoms with E-state index in [4.69, 9.17) is 14.2 Å². The number of aliphatic hydroxyl groups is 1. The van der Waals surface area contributed by atoms with Gasteiger partial charge in [-0.1, -0.05) is 91.0 Å². The molecule has 0 radical (unpaired) electrons. The van der Waals surface area contributed by atoms with E-state index in [1.165, 1.54) is 0 Å². The zero-order valence-electron chi connectivity index (χ0n) is 19.6. The van der Waals surface area contributed by atoms with Crippen molar-refractivity contribution in [2.75, 3.05) is 0 Å². The smallest absolute Gasteiger partial charge is 0.144 e. The van der Waals surface area contributed by atoms with Crippen LogP contribution in [-0.4, -0.2) is 26.9 Å². The van der Waals surface area contributed by atoms with Crippen LogP contribution in [0.15, 0.2) is 97.2 Å². The minimum Gasteiger partial charge on any atom is -0.390 e. The van der Waals surface area contributed by atoms with Crippen LogP contribution in [0, 0.1) is 0 Å². The van der Waals surface area contributed by atoms with Gasteiger partial charge in [-0.2, -0.15) is 0 Å². The molecule has 1 aromatic heterocycles. The molecule has 1 aliphatic heterocycles. The van der Waals surface area contributed by atoms with Crippen molar-refractivity contribution in [3.8, 4) is 0 Å². The number of hydrogen-bond acceptors (Lipinski definition) is 5. The van der Waals surface area contributed by atoms with E-state index in [9.17, 15) is 5.11 Å². The van der Waals surface area contributed by atoms with Crippen molar-refractivity contribution < 1.29 is 19.3 Å². The standard InChI is InChI=1S/C29H30N2O4/c32-18-25-16-30-29-28(35-21-24-14-8-3-9-15-24)27(34-20-23-12-6-2-7-13-23)26(17-31(25)29)33-19-22-10-4-1-5-11-22/h1-16,26-28,32H,17-21H2/t26-,27-,28+/m0/s1. The molecule has 35 heavy (non-hydrogen) atoms. The molecule has 0 saturated heterocycles. The first kappa shape index (κ1) is 23.5. The lowest BCUT2D eigenvalue weighted by Crippen LogP contribution is -2.46. The number of rotatable bonds is 10. The predicted octanol–water partition coefficient (Wildman–Crippen LogP) is 4.82. The summed E-state index contributed by atoms with van der Waals surface area (Å²) >= 11 is 0. The van der Waals surface area contributed by atoms with Gasteiger partial charge in [-0.05, 0) is 16.7 Å². The lowest BCUT2D eigenvalue weighted by molar-refractivity contribution is -0.172. The van der Waals surface area contributed by atoms with E-state index < -0.39 is 6.10 Å². The van der Waals surface area contributed by atoms with Crippen molar-refractivity contribution >= 4 is 0 Å². The van der Waals surface area contributed by atoms with Crippen LogP contribution in [0.25, 0.3) is 0 Å². The zero-order chi connectivity index (χ0) is 23.9. The van der Waals surface area contributed by atoms with Gasteiger partial charge in [0.25, 0.3) is 0 Å². The summed E-state index contributed by atoms with van der Waals surface area (Å²) in [5.41, 5.74) is 3.99. The van der Waals surface area contributed by atoms with Gasteiger partial charge < -0.3 is 23.9 Å². The summed E-state index contributed by atoms with van der Waals surface area (Å²) in [6.07, 6.45) is 0.603. The maximum absolute atomic E-state index is 9.92. The van der Waals surface area contributed by atoms with Crippen LogP contribution >= 0.6 is 0 Å². The van der Waals surface area contributed by atoms with E-state index in [0.29, 0.717) is 26.4 Å². The van der Waals surface area contributed by atoms with Crippen molar-refractivity contribution in [1.82, 2.24) is 9.55 Å². The maximum atomic E-state index is 9.92. The first-order valence-electron chi connectivity index (χ1n) is 11.9. The van der Waals surface area contributed by atoms with Gasteiger partial charge in [0.1, 0.15) is 24.1 Å². The summed E-state index contributed by atoms with van der Waals surface area (Å²) in [6, 6.07) is 30.3. The van der Waals surface area contributed by atoms with Crippen LogP contribution in [0.3, 0.4) is 0 Å². The zero-order valence-corrected chi connectivity index (χ0v) is 19.6. The van der Waals surface area contributed by atoms with Crippen LogP contribution in [0.2, 0.25) is 0 Å². The second-order valence-corrected chi connectivity index (χ2v) is 8.69. The van der Waals surface area contributed by atoms with Crippen molar-refractivity contribution in [2.24, 2.45) is 0 Å². The van der Waals surface area contributed by atoms with E-state index in [-0.39, 0.29) is 18.8 Å². The van der Waals surface area contributed by atoms with Gasteiger partial charge in [0.05, 0.1) is 44.9 Å². The highest BCUT2D eigenvalue weighted by atomic mass is 16.6.